The molecule has 4 nitrogen and oxygen atoms in total. The predicted molar refractivity (Wildman–Crippen MR) is 88.8 cm³/mol. The zero-order valence-corrected chi connectivity index (χ0v) is 14.4. The van der Waals surface area contributed by atoms with Crippen molar-refractivity contribution in [2.24, 2.45) is 0 Å². The van der Waals surface area contributed by atoms with Crippen LogP contribution in [0.3, 0.4) is 0 Å². The Morgan fingerprint density at radius 1 is 1.18 bits per heavy atom. The van der Waals surface area contributed by atoms with Gasteiger partial charge >= 0.3 is 0 Å². The molecule has 0 unspecified atom stereocenters. The maximum absolute atomic E-state index is 12.7. The fourth-order valence-electron chi connectivity index (χ4n) is 2.06. The van der Waals surface area contributed by atoms with Gasteiger partial charge in [-0.25, -0.2) is 8.42 Å². The fraction of sp³-hybridized carbons (Fsp3) is 0.267. The summed E-state index contributed by atoms with van der Waals surface area (Å²) in [6.07, 6.45) is 2.23. The summed E-state index contributed by atoms with van der Waals surface area (Å²) in [5.74, 6) is 0. The van der Waals surface area contributed by atoms with E-state index in [1.165, 1.54) is 22.5 Å². The molecule has 0 aliphatic carbocycles. The number of sulfonamides is 1. The van der Waals surface area contributed by atoms with E-state index in [4.69, 9.17) is 23.2 Å². The van der Waals surface area contributed by atoms with Gasteiger partial charge in [-0.05, 0) is 30.3 Å². The second-order valence-corrected chi connectivity index (χ2v) is 7.39. The molecular formula is C15H16Cl2N2O2S. The first-order valence-electron chi connectivity index (χ1n) is 6.80. The van der Waals surface area contributed by atoms with Crippen LogP contribution in [0.4, 0.5) is 0 Å². The number of halogens is 2. The van der Waals surface area contributed by atoms with Crippen molar-refractivity contribution in [2.75, 3.05) is 13.1 Å². The Morgan fingerprint density at radius 3 is 2.55 bits per heavy atom. The summed E-state index contributed by atoms with van der Waals surface area (Å²) in [4.78, 5) is 4.27. The van der Waals surface area contributed by atoms with Crippen LogP contribution in [0, 0.1) is 0 Å². The molecule has 1 aromatic carbocycles. The van der Waals surface area contributed by atoms with E-state index in [0.717, 1.165) is 5.69 Å². The number of nitrogens with zero attached hydrogens (tertiary/aromatic N) is 2. The lowest BCUT2D eigenvalue weighted by molar-refractivity contribution is 0.429. The van der Waals surface area contributed by atoms with E-state index in [9.17, 15) is 8.42 Å². The third kappa shape index (κ3) is 3.98. The molecule has 1 heterocycles. The van der Waals surface area contributed by atoms with Gasteiger partial charge in [0, 0.05) is 36.4 Å². The summed E-state index contributed by atoms with van der Waals surface area (Å²) in [5.41, 5.74) is 0.846. The van der Waals surface area contributed by atoms with Gasteiger partial charge in [-0.15, -0.1) is 0 Å². The lowest BCUT2D eigenvalue weighted by atomic mass is 10.3. The van der Waals surface area contributed by atoms with Gasteiger partial charge in [-0.1, -0.05) is 36.2 Å². The maximum Gasteiger partial charge on any atom is 0.244 e. The van der Waals surface area contributed by atoms with Crippen molar-refractivity contribution in [3.8, 4) is 0 Å². The summed E-state index contributed by atoms with van der Waals surface area (Å²) < 4.78 is 26.8. The molecule has 0 bridgehead atoms. The molecule has 2 rings (SSSR count). The predicted octanol–water partition coefficient (Wildman–Crippen LogP) is 3.64. The Balaban J connectivity index is 2.21. The first-order valence-corrected chi connectivity index (χ1v) is 9.00. The van der Waals surface area contributed by atoms with Crippen LogP contribution in [0.15, 0.2) is 47.5 Å². The normalized spacial score (nSPS) is 11.8. The van der Waals surface area contributed by atoms with Crippen LogP contribution < -0.4 is 0 Å². The zero-order chi connectivity index (χ0) is 16.2. The van der Waals surface area contributed by atoms with Gasteiger partial charge < -0.3 is 0 Å². The Bertz CT molecular complexity index is 736. The van der Waals surface area contributed by atoms with E-state index in [2.05, 4.69) is 4.98 Å². The molecule has 22 heavy (non-hydrogen) atoms. The minimum atomic E-state index is -3.65. The van der Waals surface area contributed by atoms with Gasteiger partial charge in [0.2, 0.25) is 10.0 Å². The van der Waals surface area contributed by atoms with Crippen molar-refractivity contribution in [1.29, 1.82) is 0 Å². The van der Waals surface area contributed by atoms with Gasteiger partial charge in [0.25, 0.3) is 0 Å². The number of pyridine rings is 1. The summed E-state index contributed by atoms with van der Waals surface area (Å²) in [6, 6.07) is 9.96. The van der Waals surface area contributed by atoms with Crippen LogP contribution in [0.1, 0.15) is 12.6 Å². The number of benzene rings is 1. The van der Waals surface area contributed by atoms with E-state index in [1.54, 1.807) is 13.1 Å². The lowest BCUT2D eigenvalue weighted by Gasteiger charge is -2.21. The van der Waals surface area contributed by atoms with Crippen LogP contribution in [-0.4, -0.2) is 30.8 Å². The van der Waals surface area contributed by atoms with E-state index in [-0.39, 0.29) is 9.92 Å². The van der Waals surface area contributed by atoms with Gasteiger partial charge in [-0.3, -0.25) is 4.98 Å². The summed E-state index contributed by atoms with van der Waals surface area (Å²) >= 11 is 11.9. The van der Waals surface area contributed by atoms with Crippen molar-refractivity contribution >= 4 is 33.2 Å². The molecule has 118 valence electrons. The number of likely N-dealkylation sites (N-methyl/N-ethyl adjacent to an activating group) is 1. The van der Waals surface area contributed by atoms with Gasteiger partial charge in [0.1, 0.15) is 4.90 Å². The molecule has 0 atom stereocenters. The molecule has 0 spiro atoms. The quantitative estimate of drug-likeness (QED) is 0.791. The van der Waals surface area contributed by atoms with Crippen LogP contribution in [0.2, 0.25) is 10.0 Å². The fourth-order valence-corrected chi connectivity index (χ4v) is 4.25. The SMILES string of the molecule is CCN(CCc1ccccn1)S(=O)(=O)c1ccc(Cl)cc1Cl. The van der Waals surface area contributed by atoms with Crippen LogP contribution in [0.5, 0.6) is 0 Å². The molecule has 0 N–H and O–H groups in total. The molecule has 0 saturated heterocycles. The van der Waals surface area contributed by atoms with Crippen molar-refractivity contribution in [2.45, 2.75) is 18.2 Å². The minimum Gasteiger partial charge on any atom is -0.261 e. The number of hydrogen-bond donors (Lipinski definition) is 0. The second kappa shape index (κ2) is 7.42. The Kier molecular flexibility index (Phi) is 5.81. The topological polar surface area (TPSA) is 50.3 Å². The summed E-state index contributed by atoms with van der Waals surface area (Å²) in [5, 5.41) is 0.532. The number of hydrogen-bond acceptors (Lipinski definition) is 3. The molecule has 0 saturated carbocycles. The first-order chi connectivity index (χ1) is 10.4. The molecule has 0 aliphatic heterocycles. The van der Waals surface area contributed by atoms with E-state index < -0.39 is 10.0 Å². The van der Waals surface area contributed by atoms with Gasteiger partial charge in [-0.2, -0.15) is 4.31 Å². The molecule has 0 aliphatic rings. The highest BCUT2D eigenvalue weighted by molar-refractivity contribution is 7.89. The molecular weight excluding hydrogens is 343 g/mol. The molecule has 0 fully saturated rings. The third-order valence-electron chi connectivity index (χ3n) is 3.21. The summed E-state index contributed by atoms with van der Waals surface area (Å²) in [7, 11) is -3.65. The van der Waals surface area contributed by atoms with Crippen LogP contribution in [-0.2, 0) is 16.4 Å². The van der Waals surface area contributed by atoms with E-state index in [0.29, 0.717) is 24.5 Å². The summed E-state index contributed by atoms with van der Waals surface area (Å²) in [6.45, 7) is 2.49. The van der Waals surface area contributed by atoms with Crippen molar-refractivity contribution < 1.29 is 8.42 Å². The molecule has 0 amide bonds. The first kappa shape index (κ1) is 17.2. The zero-order valence-electron chi connectivity index (χ0n) is 12.0. The van der Waals surface area contributed by atoms with Gasteiger partial charge in [0.15, 0.2) is 0 Å². The number of rotatable bonds is 6. The van der Waals surface area contributed by atoms with Crippen molar-refractivity contribution in [1.82, 2.24) is 9.29 Å². The lowest BCUT2D eigenvalue weighted by Crippen LogP contribution is -2.33. The van der Waals surface area contributed by atoms with E-state index >= 15 is 0 Å². The largest absolute Gasteiger partial charge is 0.261 e. The average Bonchev–Trinajstić information content (AvgIpc) is 2.48. The smallest absolute Gasteiger partial charge is 0.244 e. The Labute approximate surface area is 140 Å². The molecule has 7 heteroatoms. The number of aromatic nitrogens is 1. The monoisotopic (exact) mass is 358 g/mol. The molecule has 1 aromatic heterocycles. The van der Waals surface area contributed by atoms with Crippen LogP contribution in [0.25, 0.3) is 0 Å². The molecule has 2 aromatic rings. The van der Waals surface area contributed by atoms with Crippen LogP contribution >= 0.6 is 23.2 Å². The van der Waals surface area contributed by atoms with Crippen molar-refractivity contribution in [3.63, 3.8) is 0 Å². The molecule has 0 radical (unpaired) electrons. The second-order valence-electron chi connectivity index (χ2n) is 4.64. The Morgan fingerprint density at radius 2 is 1.95 bits per heavy atom. The average molecular weight is 359 g/mol. The third-order valence-corrected chi connectivity index (χ3v) is 5.90. The highest BCUT2D eigenvalue weighted by atomic mass is 35.5. The standard InChI is InChI=1S/C15H16Cl2N2O2S/c1-2-19(10-8-13-5-3-4-9-18-13)22(20,21)15-7-6-12(16)11-14(15)17/h3-7,9,11H,2,8,10H2,1H3. The van der Waals surface area contributed by atoms with E-state index in [1.807, 2.05) is 18.2 Å². The van der Waals surface area contributed by atoms with Crippen molar-refractivity contribution in [3.05, 3.63) is 58.3 Å². The maximum atomic E-state index is 12.7. The Hall–Kier alpha value is -1.14. The highest BCUT2D eigenvalue weighted by Gasteiger charge is 2.25. The minimum absolute atomic E-state index is 0.0708. The highest BCUT2D eigenvalue weighted by Crippen LogP contribution is 2.27. The van der Waals surface area contributed by atoms with Gasteiger partial charge in [0.05, 0.1) is 5.02 Å².